The van der Waals surface area contributed by atoms with Gasteiger partial charge in [-0.1, -0.05) is 12.1 Å². The molecule has 0 bridgehead atoms. The SMILES string of the molecule is CCOP(Cc1ccc(Nc2ncc(C(F)(F)F)c(Nc3ccc(-c4cnn(C5CC(O)C5)c4)c4c3C(=O)N(C)C4)n2)c(OC)c1)OCC. The Labute approximate surface area is 282 Å². The van der Waals surface area contributed by atoms with E-state index >= 15 is 0 Å². The number of rotatable bonds is 13. The average Bonchev–Trinajstić information content (AvgIpc) is 3.64. The van der Waals surface area contributed by atoms with Crippen molar-refractivity contribution in [2.24, 2.45) is 0 Å². The van der Waals surface area contributed by atoms with E-state index in [0.29, 0.717) is 55.4 Å². The summed E-state index contributed by atoms with van der Waals surface area (Å²) in [4.78, 5) is 23.0. The highest BCUT2D eigenvalue weighted by atomic mass is 31.2. The van der Waals surface area contributed by atoms with Crippen molar-refractivity contribution >= 4 is 37.4 Å². The molecule has 4 aromatic rings. The van der Waals surface area contributed by atoms with Gasteiger partial charge < -0.3 is 34.4 Å². The smallest absolute Gasteiger partial charge is 0.421 e. The zero-order chi connectivity index (χ0) is 34.9. The standard InChI is InChI=1S/C33H37F3N7O5P/c1-5-47-49(48-6-2)18-19-7-9-26(28(11-19)46-4)40-32-37-15-25(33(34,35)36)30(41-32)39-27-10-8-23(24-17-42(3)31(45)29(24)27)20-14-38-43(16-20)21-12-22(44)13-21/h7-11,14-16,21-22,44H,5-6,12-13,17-18H2,1-4H3,(H2,37,39,40,41). The minimum Gasteiger partial charge on any atom is -0.495 e. The molecule has 0 atom stereocenters. The number of nitrogens with one attached hydrogen (secondary N) is 2. The molecule has 1 amide bonds. The Morgan fingerprint density at radius 3 is 2.47 bits per heavy atom. The fourth-order valence-corrected chi connectivity index (χ4v) is 7.21. The number of carbonyl (C=O) groups excluding carboxylic acids is 1. The van der Waals surface area contributed by atoms with Gasteiger partial charge >= 0.3 is 6.18 Å². The zero-order valence-corrected chi connectivity index (χ0v) is 28.3. The summed E-state index contributed by atoms with van der Waals surface area (Å²) >= 11 is 0. The monoisotopic (exact) mass is 699 g/mol. The number of ether oxygens (including phenoxy) is 1. The molecular weight excluding hydrogens is 662 g/mol. The van der Waals surface area contributed by atoms with Gasteiger partial charge in [0.1, 0.15) is 17.1 Å². The van der Waals surface area contributed by atoms with E-state index in [2.05, 4.69) is 25.7 Å². The average molecular weight is 700 g/mol. The van der Waals surface area contributed by atoms with Crippen molar-refractivity contribution in [2.75, 3.05) is 38.0 Å². The highest BCUT2D eigenvalue weighted by Gasteiger charge is 2.37. The predicted octanol–water partition coefficient (Wildman–Crippen LogP) is 7.02. The largest absolute Gasteiger partial charge is 0.495 e. The number of anilines is 4. The number of hydrogen-bond acceptors (Lipinski definition) is 10. The van der Waals surface area contributed by atoms with Gasteiger partial charge in [-0.2, -0.15) is 23.3 Å². The van der Waals surface area contributed by atoms with E-state index < -0.39 is 25.9 Å². The summed E-state index contributed by atoms with van der Waals surface area (Å²) in [6.07, 6.45) is 0.888. The van der Waals surface area contributed by atoms with Crippen molar-refractivity contribution in [1.82, 2.24) is 24.6 Å². The number of nitrogens with zero attached hydrogens (tertiary/aromatic N) is 5. The minimum atomic E-state index is -4.78. The van der Waals surface area contributed by atoms with Crippen LogP contribution in [0.3, 0.4) is 0 Å². The number of halogens is 3. The van der Waals surface area contributed by atoms with E-state index in [4.69, 9.17) is 13.8 Å². The van der Waals surface area contributed by atoms with Gasteiger partial charge in [0.25, 0.3) is 5.91 Å². The van der Waals surface area contributed by atoms with Gasteiger partial charge in [-0.05, 0) is 61.6 Å². The van der Waals surface area contributed by atoms with E-state index in [1.54, 1.807) is 42.2 Å². The molecule has 2 aromatic carbocycles. The summed E-state index contributed by atoms with van der Waals surface area (Å²) in [6, 6.07) is 8.79. The molecule has 1 saturated carbocycles. The quantitative estimate of drug-likeness (QED) is 0.125. The molecule has 260 valence electrons. The zero-order valence-electron chi connectivity index (χ0n) is 27.4. The molecule has 1 aliphatic heterocycles. The molecule has 0 radical (unpaired) electrons. The predicted molar refractivity (Wildman–Crippen MR) is 178 cm³/mol. The van der Waals surface area contributed by atoms with E-state index in [1.165, 1.54) is 12.0 Å². The van der Waals surface area contributed by atoms with Gasteiger partial charge in [0, 0.05) is 37.7 Å². The first-order valence-electron chi connectivity index (χ1n) is 15.8. The molecule has 2 aliphatic rings. The first-order valence-corrected chi connectivity index (χ1v) is 17.2. The van der Waals surface area contributed by atoms with Gasteiger partial charge in [0.05, 0.1) is 55.6 Å². The maximum atomic E-state index is 14.2. The van der Waals surface area contributed by atoms with Crippen molar-refractivity contribution in [3.8, 4) is 16.9 Å². The third-order valence-corrected chi connectivity index (χ3v) is 10.1. The van der Waals surface area contributed by atoms with Crippen molar-refractivity contribution in [1.29, 1.82) is 0 Å². The van der Waals surface area contributed by atoms with Crippen molar-refractivity contribution in [3.63, 3.8) is 0 Å². The lowest BCUT2D eigenvalue weighted by molar-refractivity contribution is -0.137. The molecule has 0 unspecified atom stereocenters. The van der Waals surface area contributed by atoms with Crippen LogP contribution in [0, 0.1) is 0 Å². The number of methoxy groups -OCH3 is 1. The van der Waals surface area contributed by atoms with Gasteiger partial charge in [-0.25, -0.2) is 4.98 Å². The van der Waals surface area contributed by atoms with Crippen LogP contribution in [0.5, 0.6) is 5.75 Å². The summed E-state index contributed by atoms with van der Waals surface area (Å²) < 4.78 is 61.5. The third-order valence-electron chi connectivity index (χ3n) is 8.36. The first-order chi connectivity index (χ1) is 23.5. The number of aliphatic hydroxyl groups is 1. The molecule has 12 nitrogen and oxygen atoms in total. The van der Waals surface area contributed by atoms with Crippen molar-refractivity contribution < 1.29 is 36.9 Å². The summed E-state index contributed by atoms with van der Waals surface area (Å²) in [5.74, 6) is -0.541. The molecule has 1 fully saturated rings. The minimum absolute atomic E-state index is 0.0928. The van der Waals surface area contributed by atoms with Gasteiger partial charge in [-0.3, -0.25) is 9.48 Å². The van der Waals surface area contributed by atoms with Crippen molar-refractivity contribution in [3.05, 3.63) is 71.2 Å². The van der Waals surface area contributed by atoms with E-state index in [0.717, 1.165) is 16.7 Å². The van der Waals surface area contributed by atoms with E-state index in [9.17, 15) is 23.1 Å². The lowest BCUT2D eigenvalue weighted by Gasteiger charge is -2.31. The number of carbonyl (C=O) groups is 1. The maximum absolute atomic E-state index is 14.2. The number of aliphatic hydroxyl groups excluding tert-OH is 1. The number of benzene rings is 2. The molecule has 16 heteroatoms. The highest BCUT2D eigenvalue weighted by molar-refractivity contribution is 7.46. The molecule has 0 spiro atoms. The fraction of sp³-hybridized carbons (Fsp3) is 0.394. The number of amides is 1. The normalized spacial score (nSPS) is 17.3. The highest BCUT2D eigenvalue weighted by Crippen LogP contribution is 2.44. The molecule has 2 aromatic heterocycles. The second-order valence-electron chi connectivity index (χ2n) is 11.7. The Kier molecular flexibility index (Phi) is 10.1. The molecule has 3 N–H and O–H groups in total. The van der Waals surface area contributed by atoms with Crippen LogP contribution in [-0.2, 0) is 27.9 Å². The van der Waals surface area contributed by atoms with Gasteiger partial charge in [0.2, 0.25) is 5.95 Å². The third kappa shape index (κ3) is 7.35. The Bertz CT molecular complexity index is 1830. The van der Waals surface area contributed by atoms with Crippen molar-refractivity contribution in [2.45, 2.75) is 57.7 Å². The molecule has 49 heavy (non-hydrogen) atoms. The van der Waals surface area contributed by atoms with Crippen LogP contribution >= 0.6 is 8.38 Å². The lowest BCUT2D eigenvalue weighted by Crippen LogP contribution is -2.30. The van der Waals surface area contributed by atoms with Crippen LogP contribution in [0.25, 0.3) is 11.1 Å². The van der Waals surface area contributed by atoms with Crippen LogP contribution in [0.2, 0.25) is 0 Å². The molecule has 6 rings (SSSR count). The molecule has 0 saturated heterocycles. The Morgan fingerprint density at radius 2 is 1.80 bits per heavy atom. The Balaban J connectivity index is 1.30. The first kappa shape index (κ1) is 34.6. The van der Waals surface area contributed by atoms with Crippen LogP contribution < -0.4 is 15.4 Å². The summed E-state index contributed by atoms with van der Waals surface area (Å²) in [6.45, 7) is 5.09. The number of fused-ring (bicyclic) bond motifs is 1. The number of aromatic nitrogens is 4. The van der Waals surface area contributed by atoms with E-state index in [-0.39, 0.29) is 41.8 Å². The van der Waals surface area contributed by atoms with Gasteiger partial charge in [-0.15, -0.1) is 0 Å². The fourth-order valence-electron chi connectivity index (χ4n) is 5.88. The van der Waals surface area contributed by atoms with E-state index in [1.807, 2.05) is 26.1 Å². The second kappa shape index (κ2) is 14.3. The van der Waals surface area contributed by atoms with Crippen LogP contribution in [0.1, 0.15) is 59.8 Å². The Morgan fingerprint density at radius 1 is 1.06 bits per heavy atom. The molecule has 1 aliphatic carbocycles. The summed E-state index contributed by atoms with van der Waals surface area (Å²) in [7, 11) is 1.98. The second-order valence-corrected chi connectivity index (χ2v) is 13.2. The van der Waals surface area contributed by atoms with Crippen LogP contribution in [-0.4, -0.2) is 69.1 Å². The Hall–Kier alpha value is -4.30. The topological polar surface area (TPSA) is 136 Å². The van der Waals surface area contributed by atoms with Gasteiger partial charge in [0.15, 0.2) is 8.38 Å². The number of alkyl halides is 3. The number of hydrogen-bond donors (Lipinski definition) is 3. The summed E-state index contributed by atoms with van der Waals surface area (Å²) in [5.41, 5.74) is 2.85. The molecular formula is C33H37F3N7O5P. The molecule has 3 heterocycles. The maximum Gasteiger partial charge on any atom is 0.421 e. The summed E-state index contributed by atoms with van der Waals surface area (Å²) in [5, 5.41) is 19.9. The van der Waals surface area contributed by atoms with Crippen LogP contribution in [0.15, 0.2) is 48.9 Å². The van der Waals surface area contributed by atoms with Crippen LogP contribution in [0.4, 0.5) is 36.3 Å². The lowest BCUT2D eigenvalue weighted by atomic mass is 9.90.